The molecule has 0 unspecified atom stereocenters. The number of aromatic nitrogens is 1. The summed E-state index contributed by atoms with van der Waals surface area (Å²) in [6.45, 7) is 2.66. The van der Waals surface area contributed by atoms with Crippen LogP contribution in [0.4, 0.5) is 10.6 Å². The lowest BCUT2D eigenvalue weighted by Crippen LogP contribution is -2.50. The molecule has 0 aliphatic carbocycles. The van der Waals surface area contributed by atoms with Crippen LogP contribution >= 0.6 is 0 Å². The third-order valence-corrected chi connectivity index (χ3v) is 3.71. The van der Waals surface area contributed by atoms with E-state index in [0.717, 1.165) is 19.1 Å². The minimum absolute atomic E-state index is 0.247. The number of nitrogens with zero attached hydrogens (tertiary/aromatic N) is 2. The smallest absolute Gasteiger partial charge is 0.323 e. The Balaban J connectivity index is 1.93. The number of carbonyl (C=O) groups excluding carboxylic acids is 1. The summed E-state index contributed by atoms with van der Waals surface area (Å²) in [4.78, 5) is 13.6. The fourth-order valence-corrected chi connectivity index (χ4v) is 2.97. The minimum Gasteiger partial charge on any atom is -0.360 e. The molecule has 1 aromatic heterocycles. The van der Waals surface area contributed by atoms with Crippen LogP contribution in [-0.2, 0) is 10.0 Å². The normalized spacial score (nSPS) is 19.9. The fourth-order valence-electron chi connectivity index (χ4n) is 2.17. The van der Waals surface area contributed by atoms with Gasteiger partial charge in [-0.25, -0.2) is 17.9 Å². The van der Waals surface area contributed by atoms with Gasteiger partial charge in [-0.05, 0) is 19.8 Å². The molecule has 2 N–H and O–H groups in total. The van der Waals surface area contributed by atoms with E-state index < -0.39 is 10.0 Å². The lowest BCUT2D eigenvalue weighted by molar-refractivity contribution is 0.190. The average Bonchev–Trinajstić information content (AvgIpc) is 2.73. The number of anilines is 1. The van der Waals surface area contributed by atoms with Crippen molar-refractivity contribution in [3.8, 4) is 0 Å². The fraction of sp³-hybridized carbons (Fsp3) is 0.636. The maximum absolute atomic E-state index is 12.0. The molecule has 0 saturated carbocycles. The van der Waals surface area contributed by atoms with Crippen molar-refractivity contribution in [3.63, 3.8) is 0 Å². The first-order valence-electron chi connectivity index (χ1n) is 6.30. The second-order valence-corrected chi connectivity index (χ2v) is 6.71. The van der Waals surface area contributed by atoms with Gasteiger partial charge in [0.05, 0.1) is 6.26 Å². The lowest BCUT2D eigenvalue weighted by Gasteiger charge is -2.32. The second kappa shape index (κ2) is 5.80. The van der Waals surface area contributed by atoms with Crippen molar-refractivity contribution < 1.29 is 17.7 Å². The van der Waals surface area contributed by atoms with Gasteiger partial charge in [0.25, 0.3) is 0 Å². The number of rotatable bonds is 3. The maximum atomic E-state index is 12.0. The number of likely N-dealkylation sites (tertiary alicyclic amines) is 1. The zero-order valence-electron chi connectivity index (χ0n) is 11.4. The molecule has 1 aliphatic heterocycles. The van der Waals surface area contributed by atoms with E-state index in [-0.39, 0.29) is 12.1 Å². The second-order valence-electron chi connectivity index (χ2n) is 4.93. The maximum Gasteiger partial charge on any atom is 0.323 e. The zero-order chi connectivity index (χ0) is 14.8. The Morgan fingerprint density at radius 3 is 2.90 bits per heavy atom. The molecule has 0 aromatic carbocycles. The molecule has 112 valence electrons. The predicted octanol–water partition coefficient (Wildman–Crippen LogP) is 0.529. The third-order valence-electron chi connectivity index (χ3n) is 2.95. The van der Waals surface area contributed by atoms with Crippen molar-refractivity contribution >= 4 is 21.9 Å². The van der Waals surface area contributed by atoms with E-state index in [2.05, 4.69) is 15.2 Å². The molecule has 0 bridgehead atoms. The van der Waals surface area contributed by atoms with Crippen LogP contribution in [-0.4, -0.2) is 49.9 Å². The highest BCUT2D eigenvalue weighted by atomic mass is 32.2. The summed E-state index contributed by atoms with van der Waals surface area (Å²) in [6.07, 6.45) is 2.59. The number of carbonyl (C=O) groups is 1. The molecule has 2 amide bonds. The van der Waals surface area contributed by atoms with Crippen molar-refractivity contribution in [2.24, 2.45) is 0 Å². The number of nitrogens with one attached hydrogen (secondary N) is 2. The summed E-state index contributed by atoms with van der Waals surface area (Å²) in [5.74, 6) is 0.959. The largest absolute Gasteiger partial charge is 0.360 e. The Hall–Kier alpha value is -1.61. The van der Waals surface area contributed by atoms with Crippen LogP contribution in [0.3, 0.4) is 0 Å². The van der Waals surface area contributed by atoms with E-state index in [4.69, 9.17) is 4.52 Å². The van der Waals surface area contributed by atoms with Crippen molar-refractivity contribution in [1.82, 2.24) is 14.8 Å². The van der Waals surface area contributed by atoms with Gasteiger partial charge in [0.2, 0.25) is 10.0 Å². The number of amides is 2. The van der Waals surface area contributed by atoms with Crippen molar-refractivity contribution in [2.75, 3.05) is 24.7 Å². The van der Waals surface area contributed by atoms with Gasteiger partial charge in [-0.3, -0.25) is 5.32 Å². The third kappa shape index (κ3) is 4.20. The number of piperidine rings is 1. The molecule has 9 heteroatoms. The van der Waals surface area contributed by atoms with Crippen LogP contribution in [0.1, 0.15) is 18.6 Å². The summed E-state index contributed by atoms with van der Waals surface area (Å²) in [6, 6.07) is 1.07. The topological polar surface area (TPSA) is 105 Å². The molecule has 2 heterocycles. The molecule has 2 rings (SSSR count). The number of aryl methyl sites for hydroxylation is 1. The van der Waals surface area contributed by atoms with Crippen LogP contribution < -0.4 is 10.0 Å². The number of hydrogen-bond donors (Lipinski definition) is 2. The molecule has 1 fully saturated rings. The Bertz CT molecular complexity index is 583. The highest BCUT2D eigenvalue weighted by Gasteiger charge is 2.25. The van der Waals surface area contributed by atoms with Gasteiger partial charge in [0.15, 0.2) is 5.82 Å². The zero-order valence-corrected chi connectivity index (χ0v) is 12.2. The van der Waals surface area contributed by atoms with E-state index in [9.17, 15) is 13.2 Å². The van der Waals surface area contributed by atoms with Crippen molar-refractivity contribution in [1.29, 1.82) is 0 Å². The highest BCUT2D eigenvalue weighted by molar-refractivity contribution is 7.88. The number of urea groups is 1. The molecular weight excluding hydrogens is 284 g/mol. The first-order chi connectivity index (χ1) is 9.33. The van der Waals surface area contributed by atoms with E-state index >= 15 is 0 Å². The van der Waals surface area contributed by atoms with E-state index in [1.54, 1.807) is 17.9 Å². The van der Waals surface area contributed by atoms with Gasteiger partial charge in [-0.2, -0.15) is 0 Å². The van der Waals surface area contributed by atoms with Crippen LogP contribution in [0.25, 0.3) is 0 Å². The average molecular weight is 302 g/mol. The highest BCUT2D eigenvalue weighted by Crippen LogP contribution is 2.13. The van der Waals surface area contributed by atoms with Gasteiger partial charge < -0.3 is 9.42 Å². The Labute approximate surface area is 117 Å². The summed E-state index contributed by atoms with van der Waals surface area (Å²) >= 11 is 0. The molecule has 20 heavy (non-hydrogen) atoms. The monoisotopic (exact) mass is 302 g/mol. The molecule has 1 aliphatic rings. The van der Waals surface area contributed by atoms with Gasteiger partial charge in [0.1, 0.15) is 5.76 Å². The SMILES string of the molecule is Cc1cc(NC(=O)N2CCC[C@H](NS(C)(=O)=O)C2)no1. The standard InChI is InChI=1S/C11H18N4O4S/c1-8-6-10(13-19-8)12-11(16)15-5-3-4-9(7-15)14-20(2,17)18/h6,9,14H,3-5,7H2,1-2H3,(H,12,13,16)/t9-/m0/s1. The summed E-state index contributed by atoms with van der Waals surface area (Å²) in [7, 11) is -3.26. The van der Waals surface area contributed by atoms with Gasteiger partial charge >= 0.3 is 6.03 Å². The Kier molecular flexibility index (Phi) is 4.29. The van der Waals surface area contributed by atoms with Gasteiger partial charge in [0, 0.05) is 25.2 Å². The number of sulfonamides is 1. The summed E-state index contributed by atoms with van der Waals surface area (Å²) < 4.78 is 29.8. The van der Waals surface area contributed by atoms with E-state index in [1.165, 1.54) is 0 Å². The molecule has 1 aromatic rings. The van der Waals surface area contributed by atoms with E-state index in [0.29, 0.717) is 24.7 Å². The van der Waals surface area contributed by atoms with E-state index in [1.807, 2.05) is 0 Å². The molecular formula is C11H18N4O4S. The van der Waals surface area contributed by atoms with Crippen molar-refractivity contribution in [2.45, 2.75) is 25.8 Å². The lowest BCUT2D eigenvalue weighted by atomic mass is 10.1. The summed E-state index contributed by atoms with van der Waals surface area (Å²) in [5.41, 5.74) is 0. The Morgan fingerprint density at radius 1 is 1.55 bits per heavy atom. The van der Waals surface area contributed by atoms with Crippen molar-refractivity contribution in [3.05, 3.63) is 11.8 Å². The van der Waals surface area contributed by atoms with Gasteiger partial charge in [-0.15, -0.1) is 0 Å². The molecule has 0 radical (unpaired) electrons. The van der Waals surface area contributed by atoms with Crippen LogP contribution in [0.5, 0.6) is 0 Å². The summed E-state index contributed by atoms with van der Waals surface area (Å²) in [5, 5.41) is 6.30. The first-order valence-corrected chi connectivity index (χ1v) is 8.19. The molecule has 1 saturated heterocycles. The minimum atomic E-state index is -3.26. The Morgan fingerprint density at radius 2 is 2.30 bits per heavy atom. The predicted molar refractivity (Wildman–Crippen MR) is 72.8 cm³/mol. The first kappa shape index (κ1) is 14.8. The van der Waals surface area contributed by atoms with Gasteiger partial charge in [-0.1, -0.05) is 5.16 Å². The molecule has 8 nitrogen and oxygen atoms in total. The van der Waals surface area contributed by atoms with Crippen LogP contribution in [0.15, 0.2) is 10.6 Å². The van der Waals surface area contributed by atoms with Crippen LogP contribution in [0, 0.1) is 6.92 Å². The molecule has 0 spiro atoms. The quantitative estimate of drug-likeness (QED) is 0.847. The molecule has 1 atom stereocenters. The van der Waals surface area contributed by atoms with Crippen LogP contribution in [0.2, 0.25) is 0 Å². The number of hydrogen-bond acceptors (Lipinski definition) is 5.